The molecule has 0 bridgehead atoms. The Morgan fingerprint density at radius 3 is 2.24 bits per heavy atom. The van der Waals surface area contributed by atoms with Crippen LogP contribution in [0.2, 0.25) is 0 Å². The highest BCUT2D eigenvalue weighted by Gasteiger charge is 2.21. The fourth-order valence-electron chi connectivity index (χ4n) is 2.96. The number of aryl methyl sites for hydroxylation is 1. The average molecular weight is 340 g/mol. The molecule has 1 aromatic heterocycles. The molecule has 3 rings (SSSR count). The van der Waals surface area contributed by atoms with Gasteiger partial charge >= 0.3 is 0 Å². The second kappa shape index (κ2) is 7.25. The molecular weight excluding hydrogens is 312 g/mol. The minimum Gasteiger partial charge on any atom is -0.368 e. The number of hydrogen-bond acceptors (Lipinski definition) is 6. The van der Waals surface area contributed by atoms with Crippen molar-refractivity contribution < 1.29 is 0 Å². The van der Waals surface area contributed by atoms with Crippen molar-refractivity contribution in [3.05, 3.63) is 35.7 Å². The van der Waals surface area contributed by atoms with Crippen LogP contribution in [0.5, 0.6) is 0 Å². The number of anilines is 3. The Hall–Kier alpha value is -2.37. The summed E-state index contributed by atoms with van der Waals surface area (Å²) in [7, 11) is 3.94. The van der Waals surface area contributed by atoms with Crippen LogP contribution >= 0.6 is 0 Å². The molecule has 0 aliphatic carbocycles. The third kappa shape index (κ3) is 4.00. The van der Waals surface area contributed by atoms with Crippen LogP contribution < -0.4 is 14.7 Å². The molecule has 2 aromatic rings. The van der Waals surface area contributed by atoms with Gasteiger partial charge in [-0.1, -0.05) is 26.0 Å². The van der Waals surface area contributed by atoms with Gasteiger partial charge < -0.3 is 14.7 Å². The van der Waals surface area contributed by atoms with E-state index in [9.17, 15) is 0 Å². The first-order valence-electron chi connectivity index (χ1n) is 8.94. The van der Waals surface area contributed by atoms with Gasteiger partial charge in [-0.05, 0) is 24.6 Å². The molecule has 0 unspecified atom stereocenters. The molecule has 6 nitrogen and oxygen atoms in total. The van der Waals surface area contributed by atoms with E-state index in [2.05, 4.69) is 64.8 Å². The molecule has 0 N–H and O–H groups in total. The monoisotopic (exact) mass is 340 g/mol. The number of piperazine rings is 1. The van der Waals surface area contributed by atoms with Crippen molar-refractivity contribution in [2.75, 3.05) is 55.0 Å². The lowest BCUT2D eigenvalue weighted by Crippen LogP contribution is -2.47. The predicted octanol–water partition coefficient (Wildman–Crippen LogP) is 2.70. The molecule has 25 heavy (non-hydrogen) atoms. The smallest absolute Gasteiger partial charge is 0.230 e. The van der Waals surface area contributed by atoms with E-state index in [4.69, 9.17) is 4.98 Å². The maximum absolute atomic E-state index is 4.71. The van der Waals surface area contributed by atoms with E-state index < -0.39 is 0 Å². The summed E-state index contributed by atoms with van der Waals surface area (Å²) in [6, 6.07) is 8.70. The molecule has 0 atom stereocenters. The van der Waals surface area contributed by atoms with Crippen molar-refractivity contribution in [1.29, 1.82) is 0 Å². The van der Waals surface area contributed by atoms with Crippen molar-refractivity contribution in [2.24, 2.45) is 0 Å². The van der Waals surface area contributed by atoms with E-state index in [1.807, 2.05) is 19.0 Å². The standard InChI is InChI=1S/C19H28N6/c1-14(2)17-20-18(23(4)5)22-19(21-17)25-11-9-24(10-12-25)16-8-6-7-15(3)13-16/h6-8,13-14H,9-12H2,1-5H3. The summed E-state index contributed by atoms with van der Waals surface area (Å²) in [5.74, 6) is 2.67. The zero-order valence-corrected chi connectivity index (χ0v) is 15.9. The predicted molar refractivity (Wildman–Crippen MR) is 104 cm³/mol. The topological polar surface area (TPSA) is 48.4 Å². The molecule has 1 aromatic carbocycles. The molecule has 0 spiro atoms. The highest BCUT2D eigenvalue weighted by Crippen LogP contribution is 2.22. The third-order valence-electron chi connectivity index (χ3n) is 4.47. The lowest BCUT2D eigenvalue weighted by Gasteiger charge is -2.36. The van der Waals surface area contributed by atoms with Gasteiger partial charge in [0.2, 0.25) is 11.9 Å². The van der Waals surface area contributed by atoms with Crippen molar-refractivity contribution in [1.82, 2.24) is 15.0 Å². The Bertz CT molecular complexity index is 693. The van der Waals surface area contributed by atoms with Gasteiger partial charge in [0.1, 0.15) is 5.82 Å². The number of hydrogen-bond donors (Lipinski definition) is 0. The Labute approximate surface area is 150 Å². The summed E-state index contributed by atoms with van der Waals surface area (Å²) in [4.78, 5) is 20.6. The van der Waals surface area contributed by atoms with E-state index >= 15 is 0 Å². The summed E-state index contributed by atoms with van der Waals surface area (Å²) in [5.41, 5.74) is 2.60. The minimum absolute atomic E-state index is 0.286. The quantitative estimate of drug-likeness (QED) is 0.853. The largest absolute Gasteiger partial charge is 0.368 e. The van der Waals surface area contributed by atoms with E-state index in [1.54, 1.807) is 0 Å². The van der Waals surface area contributed by atoms with Crippen molar-refractivity contribution in [2.45, 2.75) is 26.7 Å². The first-order chi connectivity index (χ1) is 11.9. The first-order valence-corrected chi connectivity index (χ1v) is 8.94. The maximum Gasteiger partial charge on any atom is 0.230 e. The lowest BCUT2D eigenvalue weighted by molar-refractivity contribution is 0.631. The van der Waals surface area contributed by atoms with Gasteiger partial charge in [0.15, 0.2) is 0 Å². The van der Waals surface area contributed by atoms with Crippen LogP contribution in [0.4, 0.5) is 17.6 Å². The molecule has 1 saturated heterocycles. The Morgan fingerprint density at radius 2 is 1.64 bits per heavy atom. The fraction of sp³-hybridized carbons (Fsp3) is 0.526. The van der Waals surface area contributed by atoms with Crippen LogP contribution in [0.3, 0.4) is 0 Å². The van der Waals surface area contributed by atoms with Crippen molar-refractivity contribution in [3.63, 3.8) is 0 Å². The van der Waals surface area contributed by atoms with Crippen LogP contribution in [-0.2, 0) is 0 Å². The van der Waals surface area contributed by atoms with Crippen molar-refractivity contribution >= 4 is 17.6 Å². The Balaban J connectivity index is 1.76. The molecule has 134 valence electrons. The second-order valence-electron chi connectivity index (χ2n) is 7.16. The number of nitrogens with zero attached hydrogens (tertiary/aromatic N) is 6. The van der Waals surface area contributed by atoms with Crippen LogP contribution in [0, 0.1) is 6.92 Å². The molecule has 0 amide bonds. The minimum atomic E-state index is 0.286. The van der Waals surface area contributed by atoms with Gasteiger partial charge in [0.25, 0.3) is 0 Å². The highest BCUT2D eigenvalue weighted by molar-refractivity contribution is 5.50. The van der Waals surface area contributed by atoms with Gasteiger partial charge in [-0.2, -0.15) is 15.0 Å². The first kappa shape index (κ1) is 17.5. The SMILES string of the molecule is Cc1cccc(N2CCN(c3nc(C(C)C)nc(N(C)C)n3)CC2)c1. The third-order valence-corrected chi connectivity index (χ3v) is 4.47. The average Bonchev–Trinajstić information content (AvgIpc) is 2.61. The molecule has 1 aliphatic heterocycles. The van der Waals surface area contributed by atoms with Crippen LogP contribution in [0.25, 0.3) is 0 Å². The normalized spacial score (nSPS) is 15.0. The fourth-order valence-corrected chi connectivity index (χ4v) is 2.96. The summed E-state index contributed by atoms with van der Waals surface area (Å²) in [6.45, 7) is 10.2. The summed E-state index contributed by atoms with van der Waals surface area (Å²) < 4.78 is 0. The van der Waals surface area contributed by atoms with E-state index in [-0.39, 0.29) is 5.92 Å². The molecule has 0 radical (unpaired) electrons. The van der Waals surface area contributed by atoms with Crippen LogP contribution in [0.15, 0.2) is 24.3 Å². The zero-order valence-electron chi connectivity index (χ0n) is 15.9. The molecular formula is C19H28N6. The summed E-state index contributed by atoms with van der Waals surface area (Å²) in [6.07, 6.45) is 0. The van der Waals surface area contributed by atoms with Crippen molar-refractivity contribution in [3.8, 4) is 0 Å². The van der Waals surface area contributed by atoms with E-state index in [0.717, 1.165) is 43.9 Å². The Morgan fingerprint density at radius 1 is 0.960 bits per heavy atom. The van der Waals surface area contributed by atoms with Gasteiger partial charge in [-0.3, -0.25) is 0 Å². The molecule has 1 aliphatic rings. The second-order valence-corrected chi connectivity index (χ2v) is 7.16. The molecule has 0 saturated carbocycles. The maximum atomic E-state index is 4.71. The molecule has 2 heterocycles. The highest BCUT2D eigenvalue weighted by atomic mass is 15.4. The zero-order chi connectivity index (χ0) is 18.0. The van der Waals surface area contributed by atoms with Gasteiger partial charge in [0, 0.05) is 51.9 Å². The molecule has 1 fully saturated rings. The number of rotatable bonds is 4. The van der Waals surface area contributed by atoms with Gasteiger partial charge in [-0.25, -0.2) is 0 Å². The lowest BCUT2D eigenvalue weighted by atomic mass is 10.2. The number of benzene rings is 1. The Kier molecular flexibility index (Phi) is 5.06. The molecule has 6 heteroatoms. The van der Waals surface area contributed by atoms with Crippen LogP contribution in [0.1, 0.15) is 31.2 Å². The van der Waals surface area contributed by atoms with Crippen LogP contribution in [-0.4, -0.2) is 55.2 Å². The van der Waals surface area contributed by atoms with E-state index in [1.165, 1.54) is 11.3 Å². The number of aromatic nitrogens is 3. The van der Waals surface area contributed by atoms with Gasteiger partial charge in [-0.15, -0.1) is 0 Å². The summed E-state index contributed by atoms with van der Waals surface area (Å²) in [5, 5.41) is 0. The van der Waals surface area contributed by atoms with E-state index in [0.29, 0.717) is 0 Å². The summed E-state index contributed by atoms with van der Waals surface area (Å²) >= 11 is 0. The van der Waals surface area contributed by atoms with Gasteiger partial charge in [0.05, 0.1) is 0 Å².